The molecule has 2 nitrogen and oxygen atoms in total. The number of carbonyl (C=O) groups excluding carboxylic acids is 1. The van der Waals surface area contributed by atoms with Crippen LogP contribution in [0.15, 0.2) is 30.4 Å². The van der Waals surface area contributed by atoms with E-state index in [1.54, 1.807) is 13.0 Å². The van der Waals surface area contributed by atoms with Gasteiger partial charge in [0.2, 0.25) is 0 Å². The zero-order valence-electron chi connectivity index (χ0n) is 8.76. The molecular weight excluding hydrogens is 176 g/mol. The normalized spacial score (nSPS) is 9.64. The Bertz CT molecular complexity index is 378. The van der Waals surface area contributed by atoms with E-state index in [0.29, 0.717) is 11.3 Å². The van der Waals surface area contributed by atoms with Crippen LogP contribution in [-0.4, -0.2) is 5.97 Å². The lowest BCUT2D eigenvalue weighted by Crippen LogP contribution is -2.08. The molecule has 0 spiro atoms. The van der Waals surface area contributed by atoms with Gasteiger partial charge in [-0.3, -0.25) is 0 Å². The molecule has 0 fully saturated rings. The third kappa shape index (κ3) is 2.46. The fourth-order valence-corrected chi connectivity index (χ4v) is 0.972. The molecule has 1 aromatic carbocycles. The molecule has 0 atom stereocenters. The Morgan fingerprint density at radius 3 is 2.43 bits per heavy atom. The lowest BCUT2D eigenvalue weighted by Gasteiger charge is -2.05. The van der Waals surface area contributed by atoms with Crippen LogP contribution in [0.3, 0.4) is 0 Å². The van der Waals surface area contributed by atoms with Crippen LogP contribution in [0.5, 0.6) is 5.75 Å². The molecule has 0 amide bonds. The van der Waals surface area contributed by atoms with Crippen molar-refractivity contribution in [3.05, 3.63) is 41.5 Å². The maximum atomic E-state index is 11.2. The molecule has 74 valence electrons. The smallest absolute Gasteiger partial charge is 0.338 e. The molecule has 0 saturated carbocycles. The highest BCUT2D eigenvalue weighted by atomic mass is 16.5. The summed E-state index contributed by atoms with van der Waals surface area (Å²) in [5.41, 5.74) is 2.69. The first-order valence-electron chi connectivity index (χ1n) is 4.45. The van der Waals surface area contributed by atoms with Crippen LogP contribution in [0.1, 0.15) is 18.1 Å². The Hall–Kier alpha value is -1.57. The van der Waals surface area contributed by atoms with E-state index in [1.165, 1.54) is 5.56 Å². The summed E-state index contributed by atoms with van der Waals surface area (Å²) in [5.74, 6) is 0.189. The van der Waals surface area contributed by atoms with Crippen LogP contribution >= 0.6 is 0 Å². The molecule has 0 unspecified atom stereocenters. The van der Waals surface area contributed by atoms with E-state index in [0.717, 1.165) is 5.56 Å². The van der Waals surface area contributed by atoms with Crippen LogP contribution in [0, 0.1) is 13.8 Å². The lowest BCUT2D eigenvalue weighted by atomic mass is 10.1. The summed E-state index contributed by atoms with van der Waals surface area (Å²) in [5, 5.41) is 0. The van der Waals surface area contributed by atoms with Gasteiger partial charge < -0.3 is 4.74 Å². The maximum Gasteiger partial charge on any atom is 0.338 e. The standard InChI is InChI=1S/C12H14O2/c1-8(2)12(13)14-11-6-5-9(3)10(4)7-11/h5-7H,1H2,2-4H3. The zero-order valence-corrected chi connectivity index (χ0v) is 8.76. The van der Waals surface area contributed by atoms with Gasteiger partial charge in [0, 0.05) is 5.57 Å². The molecule has 0 radical (unpaired) electrons. The summed E-state index contributed by atoms with van der Waals surface area (Å²) in [4.78, 5) is 11.2. The second kappa shape index (κ2) is 4.09. The van der Waals surface area contributed by atoms with Gasteiger partial charge in [0.05, 0.1) is 0 Å². The Labute approximate surface area is 84.2 Å². The van der Waals surface area contributed by atoms with Crippen molar-refractivity contribution in [1.29, 1.82) is 0 Å². The Morgan fingerprint density at radius 1 is 1.29 bits per heavy atom. The summed E-state index contributed by atoms with van der Waals surface area (Å²) < 4.78 is 5.07. The summed E-state index contributed by atoms with van der Waals surface area (Å²) in [7, 11) is 0. The number of ether oxygens (including phenoxy) is 1. The number of hydrogen-bond acceptors (Lipinski definition) is 2. The van der Waals surface area contributed by atoms with Gasteiger partial charge in [-0.1, -0.05) is 12.6 Å². The highest BCUT2D eigenvalue weighted by Crippen LogP contribution is 2.17. The first kappa shape index (κ1) is 10.5. The zero-order chi connectivity index (χ0) is 10.7. The predicted molar refractivity (Wildman–Crippen MR) is 56.4 cm³/mol. The summed E-state index contributed by atoms with van der Waals surface area (Å²) in [6, 6.07) is 5.55. The number of rotatable bonds is 2. The molecular formula is C12H14O2. The molecule has 1 rings (SSSR count). The van der Waals surface area contributed by atoms with Crippen LogP contribution in [0.2, 0.25) is 0 Å². The molecule has 0 saturated heterocycles. The minimum atomic E-state index is -0.381. The molecule has 0 N–H and O–H groups in total. The van der Waals surface area contributed by atoms with Gasteiger partial charge in [0.25, 0.3) is 0 Å². The van der Waals surface area contributed by atoms with E-state index in [1.807, 2.05) is 26.0 Å². The highest BCUT2D eigenvalue weighted by molar-refractivity contribution is 5.88. The molecule has 0 aromatic heterocycles. The summed E-state index contributed by atoms with van der Waals surface area (Å²) >= 11 is 0. The average molecular weight is 190 g/mol. The topological polar surface area (TPSA) is 26.3 Å². The van der Waals surface area contributed by atoms with Gasteiger partial charge in [-0.25, -0.2) is 4.79 Å². The molecule has 0 bridgehead atoms. The quantitative estimate of drug-likeness (QED) is 0.407. The van der Waals surface area contributed by atoms with Crippen LogP contribution in [-0.2, 0) is 4.79 Å². The Morgan fingerprint density at radius 2 is 1.93 bits per heavy atom. The van der Waals surface area contributed by atoms with Crippen molar-refractivity contribution in [2.75, 3.05) is 0 Å². The van der Waals surface area contributed by atoms with Gasteiger partial charge in [-0.2, -0.15) is 0 Å². The van der Waals surface area contributed by atoms with Crippen molar-refractivity contribution in [2.45, 2.75) is 20.8 Å². The van der Waals surface area contributed by atoms with Crippen molar-refractivity contribution in [1.82, 2.24) is 0 Å². The summed E-state index contributed by atoms with van der Waals surface area (Å²) in [6.07, 6.45) is 0. The minimum absolute atomic E-state index is 0.381. The number of benzene rings is 1. The van der Waals surface area contributed by atoms with Crippen molar-refractivity contribution < 1.29 is 9.53 Å². The number of esters is 1. The third-order valence-corrected chi connectivity index (χ3v) is 2.04. The van der Waals surface area contributed by atoms with E-state index < -0.39 is 0 Å². The average Bonchev–Trinajstić information content (AvgIpc) is 2.11. The second-order valence-electron chi connectivity index (χ2n) is 3.42. The van der Waals surface area contributed by atoms with Gasteiger partial charge >= 0.3 is 5.97 Å². The van der Waals surface area contributed by atoms with E-state index in [-0.39, 0.29) is 5.97 Å². The first-order valence-corrected chi connectivity index (χ1v) is 4.45. The van der Waals surface area contributed by atoms with E-state index in [2.05, 4.69) is 6.58 Å². The highest BCUT2D eigenvalue weighted by Gasteiger charge is 2.05. The van der Waals surface area contributed by atoms with Crippen LogP contribution < -0.4 is 4.74 Å². The monoisotopic (exact) mass is 190 g/mol. The fraction of sp³-hybridized carbons (Fsp3) is 0.250. The number of hydrogen-bond donors (Lipinski definition) is 0. The summed E-state index contributed by atoms with van der Waals surface area (Å²) in [6.45, 7) is 9.14. The third-order valence-electron chi connectivity index (χ3n) is 2.04. The molecule has 0 aliphatic heterocycles. The van der Waals surface area contributed by atoms with Gasteiger partial charge in [-0.15, -0.1) is 0 Å². The van der Waals surface area contributed by atoms with E-state index >= 15 is 0 Å². The molecule has 14 heavy (non-hydrogen) atoms. The van der Waals surface area contributed by atoms with Crippen LogP contribution in [0.4, 0.5) is 0 Å². The predicted octanol–water partition coefficient (Wildman–Crippen LogP) is 2.78. The maximum absolute atomic E-state index is 11.2. The minimum Gasteiger partial charge on any atom is -0.423 e. The molecule has 0 aliphatic rings. The van der Waals surface area contributed by atoms with Gasteiger partial charge in [0.15, 0.2) is 0 Å². The molecule has 2 heteroatoms. The molecule has 0 heterocycles. The van der Waals surface area contributed by atoms with Crippen LogP contribution in [0.25, 0.3) is 0 Å². The number of aryl methyl sites for hydroxylation is 2. The first-order chi connectivity index (χ1) is 6.50. The van der Waals surface area contributed by atoms with Crippen molar-refractivity contribution >= 4 is 5.97 Å². The van der Waals surface area contributed by atoms with E-state index in [9.17, 15) is 4.79 Å². The Kier molecular flexibility index (Phi) is 3.07. The largest absolute Gasteiger partial charge is 0.423 e. The van der Waals surface area contributed by atoms with E-state index in [4.69, 9.17) is 4.74 Å². The van der Waals surface area contributed by atoms with Gasteiger partial charge in [0.1, 0.15) is 5.75 Å². The van der Waals surface area contributed by atoms with Crippen molar-refractivity contribution in [2.24, 2.45) is 0 Å². The van der Waals surface area contributed by atoms with Gasteiger partial charge in [-0.05, 0) is 44.0 Å². The van der Waals surface area contributed by atoms with Crippen molar-refractivity contribution in [3.8, 4) is 5.75 Å². The molecule has 0 aliphatic carbocycles. The SMILES string of the molecule is C=C(C)C(=O)Oc1ccc(C)c(C)c1. The second-order valence-corrected chi connectivity index (χ2v) is 3.42. The Balaban J connectivity index is 2.83. The molecule has 1 aromatic rings. The fourth-order valence-electron chi connectivity index (χ4n) is 0.972. The lowest BCUT2D eigenvalue weighted by molar-refractivity contribution is -0.130. The van der Waals surface area contributed by atoms with Crippen molar-refractivity contribution in [3.63, 3.8) is 0 Å². The number of carbonyl (C=O) groups is 1.